The van der Waals surface area contributed by atoms with Crippen molar-refractivity contribution in [3.05, 3.63) is 58.7 Å². The van der Waals surface area contributed by atoms with E-state index in [9.17, 15) is 31.2 Å². The first kappa shape index (κ1) is 47.5. The molecule has 0 amide bonds. The Labute approximate surface area is 283 Å². The van der Waals surface area contributed by atoms with E-state index in [1.807, 2.05) is 19.6 Å². The number of phenolic OH excluding ortho intramolecular Hbond substituents is 1. The maximum absolute atomic E-state index is 12.3. The Kier molecular flexibility index (Phi) is 27.1. The van der Waals surface area contributed by atoms with E-state index in [-0.39, 0.29) is 41.2 Å². The van der Waals surface area contributed by atoms with E-state index < -0.39 is 29.4 Å². The summed E-state index contributed by atoms with van der Waals surface area (Å²) in [5, 5.41) is 9.00. The van der Waals surface area contributed by atoms with Crippen molar-refractivity contribution in [1.82, 2.24) is 0 Å². The van der Waals surface area contributed by atoms with E-state index >= 15 is 0 Å². The predicted octanol–water partition coefficient (Wildman–Crippen LogP) is 0.953. The van der Waals surface area contributed by atoms with Crippen LogP contribution in [0.15, 0.2) is 36.4 Å². The molecule has 2 aromatic carbocycles. The van der Waals surface area contributed by atoms with E-state index in [1.54, 1.807) is 0 Å². The van der Waals surface area contributed by atoms with E-state index in [1.165, 1.54) is 42.0 Å². The zero-order chi connectivity index (χ0) is 31.6. The summed E-state index contributed by atoms with van der Waals surface area (Å²) in [4.78, 5) is 21.1. The van der Waals surface area contributed by atoms with Crippen LogP contribution in [0.25, 0.3) is 0 Å². The summed E-state index contributed by atoms with van der Waals surface area (Å²) in [7, 11) is -4.28. The largest absolute Gasteiger partial charge is 1.00 e. The second kappa shape index (κ2) is 23.9. The molecule has 7 nitrogen and oxygen atoms in total. The molecule has 0 saturated heterocycles. The minimum absolute atomic E-state index is 0. The monoisotopic (exact) mass is 744 g/mol. The average molecular weight is 745 g/mol. The average Bonchev–Trinajstić information content (AvgIpc) is 2.86. The number of hydrogen-bond donors (Lipinski definition) is 1. The van der Waals surface area contributed by atoms with Crippen LogP contribution in [-0.4, -0.2) is 45.2 Å². The molecule has 0 heterocycles. The molecule has 0 atom stereocenters. The Morgan fingerprint density at radius 2 is 1.38 bits per heavy atom. The van der Waals surface area contributed by atoms with Gasteiger partial charge in [0, 0.05) is 93.6 Å². The van der Waals surface area contributed by atoms with Crippen LogP contribution in [0.5, 0.6) is 11.5 Å². The predicted molar refractivity (Wildman–Crippen MR) is 173 cm³/mol. The van der Waals surface area contributed by atoms with Crippen molar-refractivity contribution < 1.29 is 64.8 Å². The molecule has 0 aliphatic rings. The summed E-state index contributed by atoms with van der Waals surface area (Å²) in [6.07, 6.45) is 6.07. The Balaban J connectivity index is -0.000000301. The molecule has 224 valence electrons. The standard InChI is InChI=1S/C13H13F3O4SSi.C9H6O2.Li.H2O.S4.S3/c1-22(2,3)5-4-10-6-11(9-17)8-12(7-10)20-21(18,19)13(14,15)16;1-2-7-3-8(6-10)5-9(11)4-7;;;1-3-4-2;1-3-2/h6-9H,1-3H3;1,3-6,11H;;1H2;;/q;;+1;;;/p-1. The molecule has 0 bridgehead atoms. The number of terminal acetylenes is 1. The van der Waals surface area contributed by atoms with Crippen LogP contribution < -0.4 is 23.0 Å². The van der Waals surface area contributed by atoms with Gasteiger partial charge in [0.25, 0.3) is 0 Å². The van der Waals surface area contributed by atoms with Crippen LogP contribution in [0.1, 0.15) is 31.8 Å². The molecule has 42 heavy (non-hydrogen) atoms. The molecule has 2 N–H and O–H groups in total. The van der Waals surface area contributed by atoms with Gasteiger partial charge in [0.05, 0.1) is 0 Å². The molecule has 0 aliphatic heterocycles. The number of hydrogen-bond acceptors (Lipinski definition) is 11. The van der Waals surface area contributed by atoms with Crippen molar-refractivity contribution in [3.8, 4) is 35.3 Å². The molecule has 0 aliphatic carbocycles. The van der Waals surface area contributed by atoms with Gasteiger partial charge in [0.1, 0.15) is 32.1 Å². The summed E-state index contributed by atoms with van der Waals surface area (Å²) in [6.45, 7) is 5.86. The number of rotatable bonds is 4. The molecule has 0 fully saturated rings. The van der Waals surface area contributed by atoms with Gasteiger partial charge in [-0.1, -0.05) is 31.5 Å². The first-order valence-corrected chi connectivity index (χ1v) is 21.4. The zero-order valence-electron chi connectivity index (χ0n) is 22.0. The summed E-state index contributed by atoms with van der Waals surface area (Å²) >= 11 is 16.9. The van der Waals surface area contributed by atoms with E-state index in [2.05, 4.69) is 66.3 Å². The van der Waals surface area contributed by atoms with Crippen LogP contribution in [-0.2, 0) is 81.5 Å². The zero-order valence-corrected chi connectivity index (χ0v) is 29.6. The van der Waals surface area contributed by atoms with Crippen molar-refractivity contribution in [1.29, 1.82) is 0 Å². The minimum atomic E-state index is -5.79. The molecule has 2 rings (SSSR count). The fourth-order valence-corrected chi connectivity index (χ4v) is 2.99. The van der Waals surface area contributed by atoms with E-state index in [0.29, 0.717) is 23.7 Å². The van der Waals surface area contributed by atoms with Gasteiger partial charge in [-0.15, -0.1) is 12.0 Å². The summed E-state index contributed by atoms with van der Waals surface area (Å²) in [6, 6.07) is 7.60. The third-order valence-electron chi connectivity index (χ3n) is 3.41. The van der Waals surface area contributed by atoms with Crippen LogP contribution in [0.3, 0.4) is 0 Å². The maximum atomic E-state index is 12.3. The SMILES string of the molecule is C#Cc1cc(O)cc(C=O)c1.C[Si](C)(C)C#Cc1cc(C=O)cc(OS(=O)(=O)C(F)(F)F)c1.S=S=S.S=S=S=S.[Li+].[OH-]. The first-order chi connectivity index (χ1) is 18.4. The Bertz CT molecular complexity index is 1520. The minimum Gasteiger partial charge on any atom is -0.870 e. The molecule has 0 unspecified atom stereocenters. The fraction of sp³-hybridized carbons (Fsp3) is 0.182. The topological polar surface area (TPSA) is 128 Å². The summed E-state index contributed by atoms with van der Waals surface area (Å²) < 4.78 is 62.9. The number of alkyl halides is 3. The summed E-state index contributed by atoms with van der Waals surface area (Å²) in [5.41, 5.74) is -1.52. The first-order valence-electron chi connectivity index (χ1n) is 9.83. The molecule has 0 saturated carbocycles. The van der Waals surface area contributed by atoms with Crippen LogP contribution in [0.2, 0.25) is 19.6 Å². The molecular formula is C22H20F3LiO7S8Si. The Hall–Kier alpha value is -1.45. The fourth-order valence-electron chi connectivity index (χ4n) is 2.03. The molecule has 0 spiro atoms. The van der Waals surface area contributed by atoms with Crippen LogP contribution in [0.4, 0.5) is 13.2 Å². The molecular weight excluding hydrogens is 725 g/mol. The molecule has 20 heteroatoms. The number of aromatic hydroxyl groups is 1. The van der Waals surface area contributed by atoms with Crippen molar-refractivity contribution in [2.75, 3.05) is 0 Å². The van der Waals surface area contributed by atoms with Crippen LogP contribution >= 0.6 is 0 Å². The number of halogens is 3. The van der Waals surface area contributed by atoms with Crippen LogP contribution in [0, 0.1) is 23.8 Å². The second-order valence-corrected chi connectivity index (χ2v) is 19.3. The van der Waals surface area contributed by atoms with Crippen molar-refractivity contribution >= 4 is 102 Å². The van der Waals surface area contributed by atoms with Gasteiger partial charge in [0.15, 0.2) is 0 Å². The van der Waals surface area contributed by atoms with Gasteiger partial charge >= 0.3 is 34.5 Å². The molecule has 0 radical (unpaired) electrons. The smallest absolute Gasteiger partial charge is 0.870 e. The summed E-state index contributed by atoms with van der Waals surface area (Å²) in [5.74, 6) is 4.45. The Morgan fingerprint density at radius 1 is 0.929 bits per heavy atom. The number of benzene rings is 2. The number of aldehydes is 2. The number of carbonyl (C=O) groups is 2. The molecule has 2 aromatic rings. The van der Waals surface area contributed by atoms with Gasteiger partial charge in [0.2, 0.25) is 0 Å². The quantitative estimate of drug-likeness (QED) is 0.158. The number of carbonyl (C=O) groups excluding carboxylic acids is 2. The van der Waals surface area contributed by atoms with Crippen molar-refractivity contribution in [3.63, 3.8) is 0 Å². The van der Waals surface area contributed by atoms with Gasteiger partial charge in [-0.05, 0) is 36.4 Å². The molecule has 0 aromatic heterocycles. The van der Waals surface area contributed by atoms with E-state index in [0.717, 1.165) is 21.0 Å². The Morgan fingerprint density at radius 3 is 1.76 bits per heavy atom. The van der Waals surface area contributed by atoms with Crippen molar-refractivity contribution in [2.45, 2.75) is 25.1 Å². The third kappa shape index (κ3) is 22.1. The van der Waals surface area contributed by atoms with Gasteiger partial charge < -0.3 is 14.8 Å². The second-order valence-electron chi connectivity index (χ2n) is 7.67. The van der Waals surface area contributed by atoms with Crippen molar-refractivity contribution in [2.24, 2.45) is 0 Å². The van der Waals surface area contributed by atoms with Gasteiger partial charge in [-0.2, -0.15) is 21.6 Å². The maximum Gasteiger partial charge on any atom is 1.00 e. The normalized spacial score (nSPS) is 9.45. The number of phenols is 1. The third-order valence-corrected chi connectivity index (χ3v) is 7.48. The van der Waals surface area contributed by atoms with E-state index in [4.69, 9.17) is 11.5 Å². The van der Waals surface area contributed by atoms with Gasteiger partial charge in [-0.3, -0.25) is 9.59 Å². The van der Waals surface area contributed by atoms with Gasteiger partial charge in [-0.25, -0.2) is 0 Å².